The summed E-state index contributed by atoms with van der Waals surface area (Å²) in [6.07, 6.45) is -25.5. The van der Waals surface area contributed by atoms with Gasteiger partial charge in [-0.15, -0.1) is 0 Å². The highest BCUT2D eigenvalue weighted by atomic mass is 16.8. The zero-order valence-electron chi connectivity index (χ0n) is 32.9. The standard InChI is InChI=1S/C39H49NO23/c40-10-21(17-2-1-3-18(42)9-17)60-37-33(52)30(49)27(46)23(62-37)12-55-35-31(50)28(47)24(13-56-35)63-38-34(53)39(54,15-58-38)14-57-25(44)7-5-16-4-6-20(19(43)8-16)59-36-32(51)29(48)26(45)22(11-41)61-36/h1-9,21-24,26-38,41-43,45-54H,11-15H2. The number of phenols is 2. The quantitative estimate of drug-likeness (QED) is 0.0587. The van der Waals surface area contributed by atoms with Gasteiger partial charge in [0, 0.05) is 6.08 Å². The van der Waals surface area contributed by atoms with E-state index in [0.29, 0.717) is 0 Å². The minimum atomic E-state index is -2.20. The van der Waals surface area contributed by atoms with Crippen molar-refractivity contribution in [2.24, 2.45) is 0 Å². The molecule has 0 amide bonds. The normalized spacial score (nSPS) is 38.8. The lowest BCUT2D eigenvalue weighted by atomic mass is 9.99. The van der Waals surface area contributed by atoms with Gasteiger partial charge >= 0.3 is 5.97 Å². The second-order valence-corrected chi connectivity index (χ2v) is 15.2. The Morgan fingerprint density at radius 3 is 2.19 bits per heavy atom. The molecule has 0 spiro atoms. The number of esters is 1. The fourth-order valence-corrected chi connectivity index (χ4v) is 6.90. The molecular weight excluding hydrogens is 850 g/mol. The van der Waals surface area contributed by atoms with E-state index in [1.807, 2.05) is 6.07 Å². The lowest BCUT2D eigenvalue weighted by Gasteiger charge is -2.42. The van der Waals surface area contributed by atoms with E-state index in [2.05, 4.69) is 0 Å². The summed E-state index contributed by atoms with van der Waals surface area (Å²) in [5, 5.41) is 144. The van der Waals surface area contributed by atoms with Gasteiger partial charge in [0.15, 0.2) is 42.1 Å². The highest BCUT2D eigenvalue weighted by Gasteiger charge is 2.53. The molecule has 4 aliphatic heterocycles. The molecule has 0 radical (unpaired) electrons. The number of carbonyl (C=O) groups excluding carboxylic acids is 1. The number of nitriles is 1. The van der Waals surface area contributed by atoms with E-state index >= 15 is 0 Å². The van der Waals surface area contributed by atoms with Crippen molar-refractivity contribution in [2.75, 3.05) is 33.0 Å². The summed E-state index contributed by atoms with van der Waals surface area (Å²) in [5.41, 5.74) is -1.74. The molecule has 0 saturated carbocycles. The Morgan fingerprint density at radius 2 is 1.51 bits per heavy atom. The van der Waals surface area contributed by atoms with Gasteiger partial charge in [0.05, 0.1) is 32.5 Å². The van der Waals surface area contributed by atoms with E-state index in [-0.39, 0.29) is 22.6 Å². The minimum absolute atomic E-state index is 0.165. The molecule has 63 heavy (non-hydrogen) atoms. The number of aliphatic hydroxyl groups excluding tert-OH is 10. The second-order valence-electron chi connectivity index (χ2n) is 15.2. The maximum atomic E-state index is 12.5. The Kier molecular flexibility index (Phi) is 15.9. The third kappa shape index (κ3) is 11.0. The Hall–Kier alpha value is -4.18. The number of aromatic hydroxyl groups is 2. The third-order valence-electron chi connectivity index (χ3n) is 10.7. The maximum absolute atomic E-state index is 12.5. The first-order valence-corrected chi connectivity index (χ1v) is 19.4. The van der Waals surface area contributed by atoms with Gasteiger partial charge in [0.2, 0.25) is 6.29 Å². The maximum Gasteiger partial charge on any atom is 0.330 e. The molecule has 4 fully saturated rings. The van der Waals surface area contributed by atoms with Gasteiger partial charge in [0.1, 0.15) is 85.6 Å². The van der Waals surface area contributed by atoms with Crippen molar-refractivity contribution in [3.8, 4) is 23.3 Å². The molecule has 24 nitrogen and oxygen atoms in total. The van der Waals surface area contributed by atoms with Crippen molar-refractivity contribution in [3.63, 3.8) is 0 Å². The molecule has 0 aliphatic carbocycles. The van der Waals surface area contributed by atoms with E-state index in [0.717, 1.165) is 12.1 Å². The molecule has 6 rings (SSSR count). The number of rotatable bonds is 15. The van der Waals surface area contributed by atoms with Crippen LogP contribution < -0.4 is 4.74 Å². The summed E-state index contributed by atoms with van der Waals surface area (Å²) in [6, 6.07) is 11.2. The van der Waals surface area contributed by atoms with Crippen molar-refractivity contribution < 1.29 is 114 Å². The van der Waals surface area contributed by atoms with Gasteiger partial charge in [-0.05, 0) is 41.5 Å². The van der Waals surface area contributed by atoms with E-state index in [1.165, 1.54) is 42.5 Å². The molecule has 4 saturated heterocycles. The molecule has 348 valence electrons. The number of hydrogen-bond donors (Lipinski definition) is 13. The van der Waals surface area contributed by atoms with Crippen molar-refractivity contribution in [1.29, 1.82) is 5.26 Å². The average molecular weight is 900 g/mol. The fourth-order valence-electron chi connectivity index (χ4n) is 6.90. The van der Waals surface area contributed by atoms with Gasteiger partial charge in [-0.2, -0.15) is 5.26 Å². The molecule has 18 unspecified atom stereocenters. The van der Waals surface area contributed by atoms with Crippen molar-refractivity contribution in [2.45, 2.75) is 110 Å². The first-order valence-electron chi connectivity index (χ1n) is 19.4. The second kappa shape index (κ2) is 20.8. The summed E-state index contributed by atoms with van der Waals surface area (Å²) in [5.74, 6) is -1.85. The van der Waals surface area contributed by atoms with Crippen LogP contribution in [0.3, 0.4) is 0 Å². The number of hydrogen-bond acceptors (Lipinski definition) is 24. The molecule has 2 aromatic carbocycles. The summed E-state index contributed by atoms with van der Waals surface area (Å²) in [6.45, 7) is -3.16. The minimum Gasteiger partial charge on any atom is -0.508 e. The number of ether oxygens (including phenoxy) is 9. The Labute approximate surface area is 357 Å². The molecule has 18 atom stereocenters. The number of phenolic OH excluding ortho intramolecular Hbond substituents is 2. The van der Waals surface area contributed by atoms with Crippen LogP contribution in [0.2, 0.25) is 0 Å². The third-order valence-corrected chi connectivity index (χ3v) is 10.7. The van der Waals surface area contributed by atoms with Crippen LogP contribution >= 0.6 is 0 Å². The molecule has 0 bridgehead atoms. The van der Waals surface area contributed by atoms with E-state index in [9.17, 15) is 76.4 Å². The van der Waals surface area contributed by atoms with Crippen LogP contribution in [0.5, 0.6) is 17.2 Å². The summed E-state index contributed by atoms with van der Waals surface area (Å²) in [7, 11) is 0. The van der Waals surface area contributed by atoms with Crippen LogP contribution in [-0.2, 0) is 42.7 Å². The van der Waals surface area contributed by atoms with Gasteiger partial charge in [-0.25, -0.2) is 4.79 Å². The number of nitrogens with zero attached hydrogens (tertiary/aromatic N) is 1. The molecule has 13 N–H and O–H groups in total. The highest BCUT2D eigenvalue weighted by Crippen LogP contribution is 2.34. The fraction of sp³-hybridized carbons (Fsp3) is 0.590. The van der Waals surface area contributed by atoms with E-state index in [1.54, 1.807) is 0 Å². The van der Waals surface area contributed by atoms with Crippen LogP contribution in [-0.4, -0.2) is 209 Å². The zero-order chi connectivity index (χ0) is 45.7. The number of aliphatic hydroxyl groups is 11. The summed E-state index contributed by atoms with van der Waals surface area (Å²) >= 11 is 0. The van der Waals surface area contributed by atoms with Gasteiger partial charge < -0.3 is 109 Å². The van der Waals surface area contributed by atoms with Crippen LogP contribution in [0.4, 0.5) is 0 Å². The first-order chi connectivity index (χ1) is 29.9. The molecule has 2 aromatic rings. The molecule has 24 heteroatoms. The average Bonchev–Trinajstić information content (AvgIpc) is 3.55. The number of benzene rings is 2. The summed E-state index contributed by atoms with van der Waals surface area (Å²) < 4.78 is 48.8. The predicted molar refractivity (Wildman–Crippen MR) is 200 cm³/mol. The Morgan fingerprint density at radius 1 is 0.825 bits per heavy atom. The van der Waals surface area contributed by atoms with Crippen LogP contribution in [0.15, 0.2) is 48.5 Å². The van der Waals surface area contributed by atoms with E-state index < -0.39 is 155 Å². The lowest BCUT2D eigenvalue weighted by Crippen LogP contribution is -2.60. The smallest absolute Gasteiger partial charge is 0.330 e. The molecule has 4 heterocycles. The molecular formula is C39H49NO23. The largest absolute Gasteiger partial charge is 0.508 e. The van der Waals surface area contributed by atoms with Crippen LogP contribution in [0, 0.1) is 11.3 Å². The SMILES string of the molecule is N#CC(OC1OC(COC2OCC(OC3OCC(O)(COC(=O)C=Cc4ccc(OC5OC(CO)C(O)C(O)C5O)c(O)c4)C3O)C(O)C2O)C(O)C(O)C1O)c1cccc(O)c1. The molecule has 0 aromatic heterocycles. The Bertz CT molecular complexity index is 1920. The molecule has 4 aliphatic rings. The summed E-state index contributed by atoms with van der Waals surface area (Å²) in [4.78, 5) is 12.5. The van der Waals surface area contributed by atoms with Crippen molar-refractivity contribution in [1.82, 2.24) is 0 Å². The number of carbonyl (C=O) groups is 1. The van der Waals surface area contributed by atoms with Crippen molar-refractivity contribution in [3.05, 3.63) is 59.7 Å². The van der Waals surface area contributed by atoms with Gasteiger partial charge in [0.25, 0.3) is 0 Å². The van der Waals surface area contributed by atoms with E-state index in [4.69, 9.17) is 42.6 Å². The monoisotopic (exact) mass is 899 g/mol. The highest BCUT2D eigenvalue weighted by molar-refractivity contribution is 5.87. The lowest BCUT2D eigenvalue weighted by molar-refractivity contribution is -0.331. The topological polar surface area (TPSA) is 387 Å². The van der Waals surface area contributed by atoms with Gasteiger partial charge in [-0.3, -0.25) is 0 Å². The van der Waals surface area contributed by atoms with Crippen molar-refractivity contribution >= 4 is 12.0 Å². The Balaban J connectivity index is 0.949. The van der Waals surface area contributed by atoms with Crippen LogP contribution in [0.25, 0.3) is 6.08 Å². The first kappa shape index (κ1) is 48.3. The predicted octanol–water partition coefficient (Wildman–Crippen LogP) is -5.15. The van der Waals surface area contributed by atoms with Gasteiger partial charge in [-0.1, -0.05) is 18.2 Å². The van der Waals surface area contributed by atoms with Crippen LogP contribution in [0.1, 0.15) is 17.2 Å². The zero-order valence-corrected chi connectivity index (χ0v) is 32.9.